The lowest BCUT2D eigenvalue weighted by molar-refractivity contribution is -0.137. The highest BCUT2D eigenvalue weighted by atomic mass is 19.4. The van der Waals surface area contributed by atoms with Crippen LogP contribution in [0.1, 0.15) is 31.2 Å². The van der Waals surface area contributed by atoms with E-state index in [1.165, 1.54) is 6.20 Å². The van der Waals surface area contributed by atoms with Crippen molar-refractivity contribution in [3.05, 3.63) is 23.9 Å². The third-order valence-electron chi connectivity index (χ3n) is 5.40. The summed E-state index contributed by atoms with van der Waals surface area (Å²) in [4.78, 5) is 20.2. The number of ether oxygens (including phenoxy) is 1. The maximum atomic E-state index is 12.9. The first-order valence-corrected chi connectivity index (χ1v) is 8.88. The molecule has 2 fully saturated rings. The van der Waals surface area contributed by atoms with Gasteiger partial charge in [0.1, 0.15) is 5.82 Å². The van der Waals surface area contributed by atoms with Gasteiger partial charge < -0.3 is 14.5 Å². The van der Waals surface area contributed by atoms with Crippen molar-refractivity contribution in [1.29, 1.82) is 0 Å². The molecule has 0 saturated carbocycles. The van der Waals surface area contributed by atoms with Crippen LogP contribution < -0.4 is 4.90 Å². The highest BCUT2D eigenvalue weighted by molar-refractivity contribution is 5.79. The van der Waals surface area contributed by atoms with Crippen molar-refractivity contribution in [2.75, 3.05) is 44.8 Å². The number of aromatic nitrogens is 1. The van der Waals surface area contributed by atoms with E-state index in [0.29, 0.717) is 38.5 Å². The average molecular weight is 371 g/mol. The topological polar surface area (TPSA) is 45.7 Å². The molecule has 0 aliphatic carbocycles. The first kappa shape index (κ1) is 18.9. The summed E-state index contributed by atoms with van der Waals surface area (Å²) in [6.45, 7) is 3.31. The molecular formula is C18H24F3N3O2. The summed E-state index contributed by atoms with van der Waals surface area (Å²) in [6, 6.07) is 2.09. The number of nitrogens with zero attached hydrogens (tertiary/aromatic N) is 3. The maximum Gasteiger partial charge on any atom is 0.416 e. The quantitative estimate of drug-likeness (QED) is 0.747. The number of anilines is 1. The van der Waals surface area contributed by atoms with Crippen LogP contribution in [0.15, 0.2) is 18.3 Å². The summed E-state index contributed by atoms with van der Waals surface area (Å²) in [5.41, 5.74) is -0.731. The monoisotopic (exact) mass is 371 g/mol. The van der Waals surface area contributed by atoms with Crippen LogP contribution in [-0.2, 0) is 15.7 Å². The lowest BCUT2D eigenvalue weighted by Crippen LogP contribution is -2.42. The van der Waals surface area contributed by atoms with Gasteiger partial charge in [-0.2, -0.15) is 13.2 Å². The van der Waals surface area contributed by atoms with Crippen molar-refractivity contribution in [2.24, 2.45) is 5.41 Å². The zero-order valence-electron chi connectivity index (χ0n) is 14.9. The zero-order chi connectivity index (χ0) is 18.8. The number of methoxy groups -OCH3 is 1. The Morgan fingerprint density at radius 1 is 1.31 bits per heavy atom. The normalized spacial score (nSPS) is 20.2. The Balaban J connectivity index is 1.60. The van der Waals surface area contributed by atoms with Crippen molar-refractivity contribution in [3.8, 4) is 0 Å². The first-order valence-electron chi connectivity index (χ1n) is 8.88. The van der Waals surface area contributed by atoms with Gasteiger partial charge in [-0.3, -0.25) is 4.79 Å². The SMILES string of the molecule is COCCCN1CC2(CCN(c3cc(C(F)(F)F)ccn3)CC2)CC1=O. The van der Waals surface area contributed by atoms with E-state index in [0.717, 1.165) is 37.9 Å². The van der Waals surface area contributed by atoms with E-state index in [2.05, 4.69) is 4.98 Å². The molecule has 0 unspecified atom stereocenters. The van der Waals surface area contributed by atoms with E-state index in [-0.39, 0.29) is 11.3 Å². The molecule has 144 valence electrons. The Bertz CT molecular complexity index is 643. The van der Waals surface area contributed by atoms with Crippen molar-refractivity contribution in [2.45, 2.75) is 31.9 Å². The Morgan fingerprint density at radius 3 is 2.69 bits per heavy atom. The summed E-state index contributed by atoms with van der Waals surface area (Å²) in [5, 5.41) is 0. The lowest BCUT2D eigenvalue weighted by atomic mass is 9.77. The van der Waals surface area contributed by atoms with Crippen LogP contribution >= 0.6 is 0 Å². The van der Waals surface area contributed by atoms with Crippen LogP contribution in [0.2, 0.25) is 0 Å². The van der Waals surface area contributed by atoms with Gasteiger partial charge >= 0.3 is 6.18 Å². The standard InChI is InChI=1S/C18H24F3N3O2/c1-26-10-2-7-24-13-17(12-16(24)25)4-8-23(9-5-17)15-11-14(3-6-22-15)18(19,20)21/h3,6,11H,2,4-5,7-10,12-13H2,1H3. The van der Waals surface area contributed by atoms with Gasteiger partial charge in [0, 0.05) is 57.9 Å². The van der Waals surface area contributed by atoms with Crippen LogP contribution in [0.5, 0.6) is 0 Å². The smallest absolute Gasteiger partial charge is 0.385 e. The van der Waals surface area contributed by atoms with E-state index >= 15 is 0 Å². The number of rotatable bonds is 5. The molecule has 26 heavy (non-hydrogen) atoms. The van der Waals surface area contributed by atoms with E-state index in [1.807, 2.05) is 9.80 Å². The second kappa shape index (κ2) is 7.42. The number of likely N-dealkylation sites (tertiary alicyclic amines) is 1. The van der Waals surface area contributed by atoms with E-state index in [1.54, 1.807) is 7.11 Å². The zero-order valence-corrected chi connectivity index (χ0v) is 14.9. The van der Waals surface area contributed by atoms with Crippen LogP contribution in [0.3, 0.4) is 0 Å². The average Bonchev–Trinajstić information content (AvgIpc) is 2.90. The molecule has 1 amide bonds. The Morgan fingerprint density at radius 2 is 2.04 bits per heavy atom. The second-order valence-corrected chi connectivity index (χ2v) is 7.23. The Labute approximate surface area is 151 Å². The number of piperidine rings is 1. The summed E-state index contributed by atoms with van der Waals surface area (Å²) >= 11 is 0. The van der Waals surface area contributed by atoms with Gasteiger partial charge in [-0.25, -0.2) is 4.98 Å². The molecule has 5 nitrogen and oxygen atoms in total. The molecule has 0 aromatic carbocycles. The van der Waals surface area contributed by atoms with Gasteiger partial charge in [0.25, 0.3) is 0 Å². The molecule has 0 radical (unpaired) electrons. The predicted octanol–water partition coefficient (Wildman–Crippen LogP) is 2.96. The number of hydrogen-bond donors (Lipinski definition) is 0. The number of alkyl halides is 3. The third kappa shape index (κ3) is 4.11. The number of carbonyl (C=O) groups is 1. The molecule has 1 aromatic rings. The molecule has 1 aromatic heterocycles. The lowest BCUT2D eigenvalue weighted by Gasteiger charge is -2.39. The summed E-state index contributed by atoms with van der Waals surface area (Å²) in [7, 11) is 1.64. The van der Waals surface area contributed by atoms with Crippen LogP contribution in [0.25, 0.3) is 0 Å². The van der Waals surface area contributed by atoms with Crippen molar-refractivity contribution < 1.29 is 22.7 Å². The second-order valence-electron chi connectivity index (χ2n) is 7.23. The fraction of sp³-hybridized carbons (Fsp3) is 0.667. The Hall–Kier alpha value is -1.83. The number of hydrogen-bond acceptors (Lipinski definition) is 4. The van der Waals surface area contributed by atoms with Gasteiger partial charge in [-0.1, -0.05) is 0 Å². The largest absolute Gasteiger partial charge is 0.416 e. The molecular weight excluding hydrogens is 347 g/mol. The van der Waals surface area contributed by atoms with E-state index < -0.39 is 11.7 Å². The molecule has 1 spiro atoms. The van der Waals surface area contributed by atoms with Crippen LogP contribution in [0, 0.1) is 5.41 Å². The molecule has 3 heterocycles. The molecule has 3 rings (SSSR count). The minimum atomic E-state index is -4.37. The van der Waals surface area contributed by atoms with Crippen LogP contribution in [-0.4, -0.2) is 55.7 Å². The summed E-state index contributed by atoms with van der Waals surface area (Å²) in [5.74, 6) is 0.530. The van der Waals surface area contributed by atoms with Gasteiger partial charge in [-0.05, 0) is 31.4 Å². The van der Waals surface area contributed by atoms with E-state index in [4.69, 9.17) is 4.74 Å². The van der Waals surface area contributed by atoms with Crippen molar-refractivity contribution in [1.82, 2.24) is 9.88 Å². The molecule has 2 aliphatic rings. The van der Waals surface area contributed by atoms with Gasteiger partial charge in [0.15, 0.2) is 0 Å². The fourth-order valence-corrected chi connectivity index (χ4v) is 3.90. The summed E-state index contributed by atoms with van der Waals surface area (Å²) < 4.78 is 43.7. The molecule has 0 bridgehead atoms. The number of carbonyl (C=O) groups excluding carboxylic acids is 1. The number of halogens is 3. The van der Waals surface area contributed by atoms with Crippen molar-refractivity contribution in [3.63, 3.8) is 0 Å². The molecule has 2 aliphatic heterocycles. The number of pyridine rings is 1. The molecule has 2 saturated heterocycles. The minimum Gasteiger partial charge on any atom is -0.385 e. The molecule has 0 N–H and O–H groups in total. The predicted molar refractivity (Wildman–Crippen MR) is 90.8 cm³/mol. The maximum absolute atomic E-state index is 12.9. The third-order valence-corrected chi connectivity index (χ3v) is 5.40. The van der Waals surface area contributed by atoms with Crippen LogP contribution in [0.4, 0.5) is 19.0 Å². The molecule has 0 atom stereocenters. The van der Waals surface area contributed by atoms with Gasteiger partial charge in [-0.15, -0.1) is 0 Å². The number of amides is 1. The highest BCUT2D eigenvalue weighted by Crippen LogP contribution is 2.42. The minimum absolute atomic E-state index is 0.0533. The summed E-state index contributed by atoms with van der Waals surface area (Å²) in [6.07, 6.45) is -0.230. The Kier molecular flexibility index (Phi) is 5.41. The van der Waals surface area contributed by atoms with Gasteiger partial charge in [0.2, 0.25) is 5.91 Å². The highest BCUT2D eigenvalue weighted by Gasteiger charge is 2.44. The first-order chi connectivity index (χ1) is 12.3. The van der Waals surface area contributed by atoms with Crippen molar-refractivity contribution >= 4 is 11.7 Å². The molecule has 8 heteroatoms. The fourth-order valence-electron chi connectivity index (χ4n) is 3.90. The van der Waals surface area contributed by atoms with E-state index in [9.17, 15) is 18.0 Å². The van der Waals surface area contributed by atoms with Gasteiger partial charge in [0.05, 0.1) is 5.56 Å².